The van der Waals surface area contributed by atoms with Crippen molar-refractivity contribution in [3.63, 3.8) is 0 Å². The van der Waals surface area contributed by atoms with Gasteiger partial charge in [-0.15, -0.1) is 0 Å². The number of aliphatic carboxylic acids is 1. The number of carbonyl (C=O) groups excluding carboxylic acids is 2. The molecule has 170 valence electrons. The molecular weight excluding hydrogens is 408 g/mol. The first kappa shape index (κ1) is 23.3. The smallest absolute Gasteiger partial charge is 0.407 e. The van der Waals surface area contributed by atoms with E-state index in [0.717, 1.165) is 22.3 Å². The highest BCUT2D eigenvalue weighted by Gasteiger charge is 2.29. The number of benzene rings is 2. The van der Waals surface area contributed by atoms with Crippen molar-refractivity contribution >= 4 is 18.0 Å². The average molecular weight is 439 g/mol. The fourth-order valence-corrected chi connectivity index (χ4v) is 4.16. The second kappa shape index (κ2) is 10.8. The summed E-state index contributed by atoms with van der Waals surface area (Å²) in [6.45, 7) is 4.62. The molecule has 0 saturated heterocycles. The van der Waals surface area contributed by atoms with Crippen LogP contribution in [0.5, 0.6) is 0 Å². The van der Waals surface area contributed by atoms with Crippen molar-refractivity contribution in [3.05, 3.63) is 59.7 Å². The summed E-state index contributed by atoms with van der Waals surface area (Å²) in [4.78, 5) is 37.3. The summed E-state index contributed by atoms with van der Waals surface area (Å²) < 4.78 is 5.51. The van der Waals surface area contributed by atoms with E-state index in [2.05, 4.69) is 29.6 Å². The van der Waals surface area contributed by atoms with E-state index >= 15 is 0 Å². The minimum absolute atomic E-state index is 0.0412. The minimum atomic E-state index is -0.843. The topological polar surface area (TPSA) is 95.9 Å². The number of ether oxygens (including phenoxy) is 1. The Bertz CT molecular complexity index is 929. The van der Waals surface area contributed by atoms with Gasteiger partial charge >= 0.3 is 12.1 Å². The standard InChI is InChI=1S/C25H30N2O5/c1-3-27(15-9-8-14-23(28)29)24(30)17(2)26-25(31)32-16-22-20-12-6-4-10-18(20)19-11-5-7-13-21(19)22/h4-7,10-13,17,22H,3,8-9,14-16H2,1-2H3,(H,26,31)(H,28,29)/t17-/m0/s1. The third kappa shape index (κ3) is 5.46. The number of alkyl carbamates (subject to hydrolysis) is 1. The van der Waals surface area contributed by atoms with E-state index in [9.17, 15) is 14.4 Å². The van der Waals surface area contributed by atoms with Crippen molar-refractivity contribution in [2.45, 2.75) is 45.1 Å². The molecule has 3 rings (SSSR count). The molecule has 0 aliphatic heterocycles. The molecule has 2 aromatic carbocycles. The number of hydrogen-bond donors (Lipinski definition) is 2. The first-order valence-electron chi connectivity index (χ1n) is 11.0. The molecule has 0 bridgehead atoms. The molecule has 2 amide bonds. The van der Waals surface area contributed by atoms with Gasteiger partial charge in [0.1, 0.15) is 12.6 Å². The van der Waals surface area contributed by atoms with Crippen molar-refractivity contribution in [3.8, 4) is 11.1 Å². The average Bonchev–Trinajstić information content (AvgIpc) is 3.11. The quantitative estimate of drug-likeness (QED) is 0.546. The Labute approximate surface area is 188 Å². The van der Waals surface area contributed by atoms with Crippen LogP contribution in [0.15, 0.2) is 48.5 Å². The van der Waals surface area contributed by atoms with E-state index < -0.39 is 18.1 Å². The summed E-state index contributed by atoms with van der Waals surface area (Å²) in [5.41, 5.74) is 4.57. The van der Waals surface area contributed by atoms with Crippen LogP contribution in [0.3, 0.4) is 0 Å². The highest BCUT2D eigenvalue weighted by Crippen LogP contribution is 2.44. The van der Waals surface area contributed by atoms with Gasteiger partial charge in [-0.25, -0.2) is 4.79 Å². The lowest BCUT2D eigenvalue weighted by Gasteiger charge is -2.25. The van der Waals surface area contributed by atoms with E-state index in [4.69, 9.17) is 9.84 Å². The van der Waals surface area contributed by atoms with E-state index in [1.54, 1.807) is 11.8 Å². The summed E-state index contributed by atoms with van der Waals surface area (Å²) in [6.07, 6.45) is 0.561. The maximum atomic E-state index is 12.7. The summed E-state index contributed by atoms with van der Waals surface area (Å²) >= 11 is 0. The van der Waals surface area contributed by atoms with Crippen molar-refractivity contribution in [1.82, 2.24) is 10.2 Å². The number of carbonyl (C=O) groups is 3. The van der Waals surface area contributed by atoms with Crippen LogP contribution in [0.2, 0.25) is 0 Å². The van der Waals surface area contributed by atoms with E-state index in [-0.39, 0.29) is 24.9 Å². The first-order valence-corrected chi connectivity index (χ1v) is 11.0. The second-order valence-electron chi connectivity index (χ2n) is 7.96. The van der Waals surface area contributed by atoms with Gasteiger partial charge in [-0.05, 0) is 48.9 Å². The maximum Gasteiger partial charge on any atom is 0.407 e. The molecule has 0 heterocycles. The molecule has 0 aromatic heterocycles. The maximum absolute atomic E-state index is 12.7. The number of amides is 2. The van der Waals surface area contributed by atoms with Crippen molar-refractivity contribution in [1.29, 1.82) is 0 Å². The molecule has 2 aromatic rings. The van der Waals surface area contributed by atoms with Gasteiger partial charge in [0.25, 0.3) is 0 Å². The van der Waals surface area contributed by atoms with Crippen LogP contribution in [0, 0.1) is 0 Å². The van der Waals surface area contributed by atoms with Crippen LogP contribution in [0.1, 0.15) is 50.2 Å². The van der Waals surface area contributed by atoms with Gasteiger partial charge < -0.3 is 20.1 Å². The molecule has 0 unspecified atom stereocenters. The van der Waals surface area contributed by atoms with E-state index in [1.807, 2.05) is 31.2 Å². The molecule has 1 aliphatic carbocycles. The largest absolute Gasteiger partial charge is 0.481 e. The Hall–Kier alpha value is -3.35. The number of fused-ring (bicyclic) bond motifs is 3. The molecule has 0 radical (unpaired) electrons. The van der Waals surface area contributed by atoms with Crippen molar-refractivity contribution in [2.75, 3.05) is 19.7 Å². The zero-order valence-corrected chi connectivity index (χ0v) is 18.5. The van der Waals surface area contributed by atoms with Crippen LogP contribution in [0.25, 0.3) is 11.1 Å². The minimum Gasteiger partial charge on any atom is -0.481 e. The number of carboxylic acids is 1. The molecule has 0 fully saturated rings. The molecule has 1 aliphatic rings. The van der Waals surface area contributed by atoms with Gasteiger partial charge in [0.15, 0.2) is 0 Å². The van der Waals surface area contributed by atoms with E-state index in [0.29, 0.717) is 25.9 Å². The Balaban J connectivity index is 1.53. The first-order chi connectivity index (χ1) is 15.4. The lowest BCUT2D eigenvalue weighted by Crippen LogP contribution is -2.47. The van der Waals surface area contributed by atoms with Gasteiger partial charge in [0.05, 0.1) is 0 Å². The van der Waals surface area contributed by atoms with Crippen LogP contribution in [-0.2, 0) is 14.3 Å². The predicted molar refractivity (Wildman–Crippen MR) is 121 cm³/mol. The molecule has 2 N–H and O–H groups in total. The second-order valence-corrected chi connectivity index (χ2v) is 7.96. The number of unbranched alkanes of at least 4 members (excludes halogenated alkanes) is 1. The number of likely N-dealkylation sites (N-methyl/N-ethyl adjacent to an activating group) is 1. The van der Waals surface area contributed by atoms with Gasteiger partial charge in [-0.1, -0.05) is 48.5 Å². The number of nitrogens with zero attached hydrogens (tertiary/aromatic N) is 1. The highest BCUT2D eigenvalue weighted by molar-refractivity contribution is 5.85. The molecule has 7 heteroatoms. The number of rotatable bonds is 10. The summed E-state index contributed by atoms with van der Waals surface area (Å²) in [7, 11) is 0. The summed E-state index contributed by atoms with van der Waals surface area (Å²) in [5, 5.41) is 11.4. The monoisotopic (exact) mass is 438 g/mol. The Morgan fingerprint density at radius 1 is 1.03 bits per heavy atom. The van der Waals surface area contributed by atoms with Gasteiger partial charge in [0, 0.05) is 25.4 Å². The van der Waals surface area contributed by atoms with Crippen molar-refractivity contribution in [2.24, 2.45) is 0 Å². The van der Waals surface area contributed by atoms with Crippen LogP contribution in [0.4, 0.5) is 4.79 Å². The predicted octanol–water partition coefficient (Wildman–Crippen LogP) is 4.02. The number of carboxylic acid groups (broad SMARTS) is 1. The zero-order chi connectivity index (χ0) is 23.1. The van der Waals surface area contributed by atoms with Crippen LogP contribution >= 0.6 is 0 Å². The molecule has 7 nitrogen and oxygen atoms in total. The van der Waals surface area contributed by atoms with Gasteiger partial charge in [0.2, 0.25) is 5.91 Å². The Morgan fingerprint density at radius 2 is 1.62 bits per heavy atom. The van der Waals surface area contributed by atoms with Gasteiger partial charge in [-0.3, -0.25) is 9.59 Å². The zero-order valence-electron chi connectivity index (χ0n) is 18.5. The fourth-order valence-electron chi connectivity index (χ4n) is 4.16. The van der Waals surface area contributed by atoms with E-state index in [1.165, 1.54) is 0 Å². The molecule has 32 heavy (non-hydrogen) atoms. The van der Waals surface area contributed by atoms with Crippen LogP contribution < -0.4 is 5.32 Å². The fraction of sp³-hybridized carbons (Fsp3) is 0.400. The van der Waals surface area contributed by atoms with Crippen molar-refractivity contribution < 1.29 is 24.2 Å². The third-order valence-electron chi connectivity index (χ3n) is 5.81. The van der Waals surface area contributed by atoms with Crippen LogP contribution in [-0.4, -0.2) is 53.7 Å². The SMILES string of the molecule is CCN(CCCCC(=O)O)C(=O)[C@H](C)NC(=O)OCC1c2ccccc2-c2ccccc21. The third-order valence-corrected chi connectivity index (χ3v) is 5.81. The lowest BCUT2D eigenvalue weighted by atomic mass is 9.98. The summed E-state index contributed by atoms with van der Waals surface area (Å²) in [6, 6.07) is 15.5. The molecule has 0 saturated carbocycles. The number of nitrogens with one attached hydrogen (secondary N) is 1. The number of hydrogen-bond acceptors (Lipinski definition) is 4. The highest BCUT2D eigenvalue weighted by atomic mass is 16.5. The molecular formula is C25H30N2O5. The Morgan fingerprint density at radius 3 is 2.19 bits per heavy atom. The Kier molecular flexibility index (Phi) is 7.87. The lowest BCUT2D eigenvalue weighted by molar-refractivity contribution is -0.137. The normalized spacial score (nSPS) is 13.1. The summed E-state index contributed by atoms with van der Waals surface area (Å²) in [5.74, 6) is -1.10. The molecule has 1 atom stereocenters. The van der Waals surface area contributed by atoms with Gasteiger partial charge in [-0.2, -0.15) is 0 Å². The molecule has 0 spiro atoms.